The van der Waals surface area contributed by atoms with Gasteiger partial charge in [-0.3, -0.25) is 19.7 Å². The molecule has 0 unspecified atom stereocenters. The lowest BCUT2D eigenvalue weighted by Crippen LogP contribution is -2.36. The summed E-state index contributed by atoms with van der Waals surface area (Å²) >= 11 is 0. The predicted molar refractivity (Wildman–Crippen MR) is 102 cm³/mol. The highest BCUT2D eigenvalue weighted by atomic mass is 19.1. The molecule has 0 saturated carbocycles. The summed E-state index contributed by atoms with van der Waals surface area (Å²) < 4.78 is 13.4. The number of carbonyl (C=O) groups is 2. The lowest BCUT2D eigenvalue weighted by atomic mass is 10.1. The van der Waals surface area contributed by atoms with Crippen molar-refractivity contribution in [3.8, 4) is 0 Å². The number of hydrogen-bond acceptors (Lipinski definition) is 5. The molecule has 0 aliphatic carbocycles. The highest BCUT2D eigenvalue weighted by Gasteiger charge is 2.27. The zero-order chi connectivity index (χ0) is 20.4. The normalized spacial score (nSPS) is 13.9. The molecule has 0 fully saturated rings. The molecule has 1 aliphatic heterocycles. The van der Waals surface area contributed by atoms with Crippen LogP contribution in [0.5, 0.6) is 0 Å². The molecule has 3 rings (SSSR count). The first-order valence-electron chi connectivity index (χ1n) is 8.49. The first-order chi connectivity index (χ1) is 13.3. The minimum Gasteiger partial charge on any atom is -0.321 e. The van der Waals surface area contributed by atoms with E-state index in [-0.39, 0.29) is 30.1 Å². The summed E-state index contributed by atoms with van der Waals surface area (Å²) in [5, 5.41) is 18.7. The fourth-order valence-corrected chi connectivity index (χ4v) is 2.79. The average Bonchev–Trinajstić information content (AvgIpc) is 2.65. The van der Waals surface area contributed by atoms with Crippen molar-refractivity contribution in [3.05, 3.63) is 63.5 Å². The van der Waals surface area contributed by atoms with Crippen LogP contribution in [0.25, 0.3) is 0 Å². The van der Waals surface area contributed by atoms with Crippen LogP contribution in [0, 0.1) is 29.8 Å². The first-order valence-corrected chi connectivity index (χ1v) is 8.49. The molecule has 0 spiro atoms. The maximum absolute atomic E-state index is 13.4. The second kappa shape index (κ2) is 7.55. The van der Waals surface area contributed by atoms with Crippen LogP contribution in [0.3, 0.4) is 0 Å². The van der Waals surface area contributed by atoms with Crippen molar-refractivity contribution in [3.63, 3.8) is 0 Å². The van der Waals surface area contributed by atoms with Crippen LogP contribution in [0.4, 0.5) is 21.5 Å². The molecular weight excluding hydrogens is 367 g/mol. The molecule has 28 heavy (non-hydrogen) atoms. The Morgan fingerprint density at radius 1 is 1.21 bits per heavy atom. The molecule has 0 saturated heterocycles. The van der Waals surface area contributed by atoms with Crippen LogP contribution >= 0.6 is 0 Å². The molecule has 9 heteroatoms. The van der Waals surface area contributed by atoms with E-state index in [0.717, 1.165) is 23.3 Å². The fraction of sp³-hybridized carbons (Fsp3) is 0.211. The third-order valence-electron chi connectivity index (χ3n) is 4.29. The molecule has 8 nitrogen and oxygen atoms in total. The van der Waals surface area contributed by atoms with Gasteiger partial charge in [0.1, 0.15) is 5.71 Å². The Kier molecular flexibility index (Phi) is 5.16. The number of amides is 2. The molecular formula is C19H17FN4O4. The Bertz CT molecular complexity index is 1020. The summed E-state index contributed by atoms with van der Waals surface area (Å²) in [7, 11) is 0. The summed E-state index contributed by atoms with van der Waals surface area (Å²) in [5.41, 5.74) is 1.80. The lowest BCUT2D eigenvalue weighted by molar-refractivity contribution is -0.387. The number of nitro benzene ring substituents is 1. The SMILES string of the molecule is Cc1ccc(C)c(N2N=C(C(=O)Nc3ccc(F)c([N+](=O)[O-])c3)CCC2=O)c1. The van der Waals surface area contributed by atoms with Crippen molar-refractivity contribution in [2.45, 2.75) is 26.7 Å². The van der Waals surface area contributed by atoms with E-state index >= 15 is 0 Å². The van der Waals surface area contributed by atoms with Crippen molar-refractivity contribution in [2.24, 2.45) is 5.10 Å². The van der Waals surface area contributed by atoms with E-state index in [4.69, 9.17) is 0 Å². The van der Waals surface area contributed by atoms with E-state index in [0.29, 0.717) is 5.69 Å². The molecule has 2 amide bonds. The Hall–Kier alpha value is -3.62. The van der Waals surface area contributed by atoms with Gasteiger partial charge in [0, 0.05) is 24.6 Å². The highest BCUT2D eigenvalue weighted by Crippen LogP contribution is 2.26. The van der Waals surface area contributed by atoms with Gasteiger partial charge in [0.15, 0.2) is 0 Å². The van der Waals surface area contributed by atoms with E-state index in [1.807, 2.05) is 26.0 Å². The van der Waals surface area contributed by atoms with Gasteiger partial charge in [0.25, 0.3) is 5.91 Å². The van der Waals surface area contributed by atoms with Crippen molar-refractivity contribution < 1.29 is 18.9 Å². The zero-order valence-electron chi connectivity index (χ0n) is 15.2. The Morgan fingerprint density at radius 2 is 1.96 bits per heavy atom. The molecule has 2 aromatic rings. The van der Waals surface area contributed by atoms with Gasteiger partial charge in [-0.15, -0.1) is 0 Å². The van der Waals surface area contributed by atoms with Gasteiger partial charge >= 0.3 is 5.69 Å². The average molecular weight is 384 g/mol. The summed E-state index contributed by atoms with van der Waals surface area (Å²) in [5.74, 6) is -1.84. The number of benzene rings is 2. The number of nitro groups is 1. The van der Waals surface area contributed by atoms with Gasteiger partial charge < -0.3 is 5.32 Å². The molecule has 1 N–H and O–H groups in total. The van der Waals surface area contributed by atoms with E-state index in [9.17, 15) is 24.1 Å². The summed E-state index contributed by atoms with van der Waals surface area (Å²) in [6.45, 7) is 3.72. The number of hydrogen-bond donors (Lipinski definition) is 1. The number of aryl methyl sites for hydroxylation is 2. The number of rotatable bonds is 4. The maximum Gasteiger partial charge on any atom is 0.306 e. The van der Waals surface area contributed by atoms with Crippen LogP contribution in [0.2, 0.25) is 0 Å². The Labute approximate surface area is 159 Å². The van der Waals surface area contributed by atoms with Crippen molar-refractivity contribution >= 4 is 34.6 Å². The maximum atomic E-state index is 13.4. The van der Waals surface area contributed by atoms with Crippen LogP contribution in [-0.4, -0.2) is 22.4 Å². The molecule has 0 aromatic heterocycles. The Balaban J connectivity index is 1.87. The lowest BCUT2D eigenvalue weighted by Gasteiger charge is -2.24. The van der Waals surface area contributed by atoms with E-state index in [1.54, 1.807) is 6.07 Å². The topological polar surface area (TPSA) is 105 Å². The second-order valence-electron chi connectivity index (χ2n) is 6.42. The van der Waals surface area contributed by atoms with E-state index < -0.39 is 22.3 Å². The summed E-state index contributed by atoms with van der Waals surface area (Å²) in [4.78, 5) is 34.8. The third-order valence-corrected chi connectivity index (χ3v) is 4.29. The molecule has 0 radical (unpaired) electrons. The molecule has 144 valence electrons. The number of carbonyl (C=O) groups excluding carboxylic acids is 2. The van der Waals surface area contributed by atoms with Crippen LogP contribution < -0.4 is 10.3 Å². The molecule has 2 aromatic carbocycles. The standard InChI is InChI=1S/C19H17FN4O4/c1-11-3-4-12(2)16(9-11)23-18(25)8-7-15(22-23)19(26)21-13-5-6-14(20)17(10-13)24(27)28/h3-6,9-10H,7-8H2,1-2H3,(H,21,26). The predicted octanol–water partition coefficient (Wildman–Crippen LogP) is 3.47. The largest absolute Gasteiger partial charge is 0.321 e. The van der Waals surface area contributed by atoms with Crippen LogP contribution in [-0.2, 0) is 9.59 Å². The quantitative estimate of drug-likeness (QED) is 0.643. The van der Waals surface area contributed by atoms with E-state index in [1.165, 1.54) is 11.1 Å². The summed E-state index contributed by atoms with van der Waals surface area (Å²) in [6.07, 6.45) is 0.235. The highest BCUT2D eigenvalue weighted by molar-refractivity contribution is 6.44. The van der Waals surface area contributed by atoms with Gasteiger partial charge in [-0.05, 0) is 43.2 Å². The molecule has 1 heterocycles. The Morgan fingerprint density at radius 3 is 2.68 bits per heavy atom. The minimum atomic E-state index is -0.996. The molecule has 0 atom stereocenters. The first kappa shape index (κ1) is 19.2. The second-order valence-corrected chi connectivity index (χ2v) is 6.42. The minimum absolute atomic E-state index is 0.0657. The van der Waals surface area contributed by atoms with Crippen molar-refractivity contribution in [2.75, 3.05) is 10.3 Å². The van der Waals surface area contributed by atoms with Gasteiger partial charge in [-0.2, -0.15) is 9.49 Å². The third kappa shape index (κ3) is 3.88. The monoisotopic (exact) mass is 384 g/mol. The molecule has 1 aliphatic rings. The van der Waals surface area contributed by atoms with Crippen molar-refractivity contribution in [1.82, 2.24) is 0 Å². The zero-order valence-corrected chi connectivity index (χ0v) is 15.2. The van der Waals surface area contributed by atoms with Gasteiger partial charge in [-0.1, -0.05) is 12.1 Å². The number of halogens is 1. The van der Waals surface area contributed by atoms with Crippen LogP contribution in [0.15, 0.2) is 41.5 Å². The molecule has 0 bridgehead atoms. The number of anilines is 2. The van der Waals surface area contributed by atoms with Gasteiger partial charge in [-0.25, -0.2) is 5.01 Å². The smallest absolute Gasteiger partial charge is 0.306 e. The van der Waals surface area contributed by atoms with E-state index in [2.05, 4.69) is 10.4 Å². The fourth-order valence-electron chi connectivity index (χ4n) is 2.79. The summed E-state index contributed by atoms with van der Waals surface area (Å²) in [6, 6.07) is 8.64. The van der Waals surface area contributed by atoms with Gasteiger partial charge in [0.05, 0.1) is 10.6 Å². The van der Waals surface area contributed by atoms with Gasteiger partial charge in [0.2, 0.25) is 11.7 Å². The number of hydrazone groups is 1. The number of nitrogens with zero attached hydrogens (tertiary/aromatic N) is 3. The van der Waals surface area contributed by atoms with Crippen molar-refractivity contribution in [1.29, 1.82) is 0 Å². The van der Waals surface area contributed by atoms with Crippen LogP contribution in [0.1, 0.15) is 24.0 Å². The number of nitrogens with one attached hydrogen (secondary N) is 1.